The maximum Gasteiger partial charge on any atom is 0.226 e. The van der Waals surface area contributed by atoms with Crippen molar-refractivity contribution in [2.45, 2.75) is 0 Å². The van der Waals surface area contributed by atoms with Crippen LogP contribution in [0.4, 0.5) is 0 Å². The molecule has 0 aromatic heterocycles. The fraction of sp³-hybridized carbons (Fsp3) is 0. The van der Waals surface area contributed by atoms with Gasteiger partial charge in [-0.3, -0.25) is 9.59 Å². The number of ketones is 1. The molecule has 0 atom stereocenters. The van der Waals surface area contributed by atoms with Crippen molar-refractivity contribution in [3.8, 4) is 0 Å². The molecule has 3 heteroatoms. The van der Waals surface area contributed by atoms with Gasteiger partial charge >= 0.3 is 0 Å². The molecule has 0 heterocycles. The van der Waals surface area contributed by atoms with E-state index in [1.807, 2.05) is 42.5 Å². The van der Waals surface area contributed by atoms with Crippen molar-refractivity contribution < 1.29 is 9.59 Å². The van der Waals surface area contributed by atoms with Crippen molar-refractivity contribution in [3.63, 3.8) is 0 Å². The molecule has 0 N–H and O–H groups in total. The molecule has 0 saturated carbocycles. The molecule has 2 nitrogen and oxygen atoms in total. The number of benzene rings is 3. The SMILES string of the molecule is O=CC(=O)c1c2ccccc2cc2c(I)cccc12. The van der Waals surface area contributed by atoms with Gasteiger partial charge in [0.1, 0.15) is 0 Å². The molecular weight excluding hydrogens is 351 g/mol. The lowest BCUT2D eigenvalue weighted by Gasteiger charge is -2.09. The van der Waals surface area contributed by atoms with Gasteiger partial charge in [0.25, 0.3) is 0 Å². The molecule has 0 aliphatic rings. The summed E-state index contributed by atoms with van der Waals surface area (Å²) in [4.78, 5) is 22.9. The Bertz CT molecular complexity index is 821. The first-order valence-corrected chi connectivity index (χ1v) is 6.89. The number of carbonyl (C=O) groups is 2. The molecule has 3 aromatic rings. The van der Waals surface area contributed by atoms with Crippen molar-refractivity contribution in [2.75, 3.05) is 0 Å². The smallest absolute Gasteiger partial charge is 0.226 e. The first-order chi connectivity index (χ1) is 9.22. The predicted molar refractivity (Wildman–Crippen MR) is 84.6 cm³/mol. The minimum atomic E-state index is -0.469. The molecule has 3 rings (SSSR count). The zero-order valence-electron chi connectivity index (χ0n) is 9.89. The van der Waals surface area contributed by atoms with Gasteiger partial charge in [-0.2, -0.15) is 0 Å². The molecule has 0 bridgehead atoms. The zero-order valence-corrected chi connectivity index (χ0v) is 12.0. The fourth-order valence-electron chi connectivity index (χ4n) is 2.38. The first-order valence-electron chi connectivity index (χ1n) is 5.82. The van der Waals surface area contributed by atoms with E-state index in [0.29, 0.717) is 11.8 Å². The largest absolute Gasteiger partial charge is 0.294 e. The Morgan fingerprint density at radius 3 is 2.47 bits per heavy atom. The quantitative estimate of drug-likeness (QED) is 0.228. The Balaban J connectivity index is 2.60. The highest BCUT2D eigenvalue weighted by Gasteiger charge is 2.14. The monoisotopic (exact) mass is 360 g/mol. The molecule has 0 saturated heterocycles. The van der Waals surface area contributed by atoms with Crippen LogP contribution in [0.3, 0.4) is 0 Å². The molecule has 0 aliphatic carbocycles. The van der Waals surface area contributed by atoms with Crippen molar-refractivity contribution in [1.82, 2.24) is 0 Å². The van der Waals surface area contributed by atoms with Crippen LogP contribution in [-0.4, -0.2) is 12.1 Å². The van der Waals surface area contributed by atoms with E-state index in [0.717, 1.165) is 25.1 Å². The third kappa shape index (κ3) is 1.94. The van der Waals surface area contributed by atoms with Crippen LogP contribution in [0.25, 0.3) is 21.5 Å². The van der Waals surface area contributed by atoms with Crippen LogP contribution in [0.15, 0.2) is 48.5 Å². The molecule has 0 spiro atoms. The Morgan fingerprint density at radius 2 is 1.68 bits per heavy atom. The van der Waals surface area contributed by atoms with Gasteiger partial charge in [-0.15, -0.1) is 0 Å². The van der Waals surface area contributed by atoms with Crippen LogP contribution in [0.5, 0.6) is 0 Å². The van der Waals surface area contributed by atoms with E-state index in [9.17, 15) is 9.59 Å². The van der Waals surface area contributed by atoms with Crippen molar-refractivity contribution in [2.24, 2.45) is 0 Å². The molecule has 0 fully saturated rings. The fourth-order valence-corrected chi connectivity index (χ4v) is 3.03. The molecule has 0 radical (unpaired) electrons. The first kappa shape index (κ1) is 12.3. The molecular formula is C16H9IO2. The summed E-state index contributed by atoms with van der Waals surface area (Å²) in [6.07, 6.45) is 0.390. The minimum Gasteiger partial charge on any atom is -0.294 e. The highest BCUT2D eigenvalue weighted by molar-refractivity contribution is 14.1. The topological polar surface area (TPSA) is 34.1 Å². The van der Waals surface area contributed by atoms with Crippen LogP contribution < -0.4 is 0 Å². The summed E-state index contributed by atoms with van der Waals surface area (Å²) < 4.78 is 1.07. The van der Waals surface area contributed by atoms with Crippen LogP contribution in [0.2, 0.25) is 0 Å². The number of Topliss-reactive ketones (excluding diaryl/α,β-unsaturated/α-hetero) is 1. The summed E-state index contributed by atoms with van der Waals surface area (Å²) in [5, 5.41) is 3.65. The van der Waals surface area contributed by atoms with Gasteiger partial charge in [-0.1, -0.05) is 36.4 Å². The maximum atomic E-state index is 12.0. The number of hydrogen-bond acceptors (Lipinski definition) is 2. The summed E-state index contributed by atoms with van der Waals surface area (Å²) in [7, 11) is 0. The van der Waals surface area contributed by atoms with E-state index in [-0.39, 0.29) is 0 Å². The van der Waals surface area contributed by atoms with E-state index >= 15 is 0 Å². The second kappa shape index (κ2) is 4.74. The van der Waals surface area contributed by atoms with E-state index in [1.165, 1.54) is 0 Å². The van der Waals surface area contributed by atoms with Gasteiger partial charge in [0, 0.05) is 9.13 Å². The summed E-state index contributed by atoms with van der Waals surface area (Å²) in [6, 6.07) is 15.5. The van der Waals surface area contributed by atoms with E-state index in [4.69, 9.17) is 0 Å². The number of fused-ring (bicyclic) bond motifs is 2. The summed E-state index contributed by atoms with van der Waals surface area (Å²) in [5.74, 6) is -0.469. The molecule has 19 heavy (non-hydrogen) atoms. The van der Waals surface area contributed by atoms with E-state index in [2.05, 4.69) is 28.7 Å². The zero-order chi connectivity index (χ0) is 13.4. The third-order valence-electron chi connectivity index (χ3n) is 3.21. The number of hydrogen-bond donors (Lipinski definition) is 0. The third-order valence-corrected chi connectivity index (χ3v) is 4.15. The normalized spacial score (nSPS) is 10.8. The van der Waals surface area contributed by atoms with Crippen LogP contribution in [0, 0.1) is 3.57 Å². The highest BCUT2D eigenvalue weighted by atomic mass is 127. The van der Waals surface area contributed by atoms with Crippen molar-refractivity contribution >= 4 is 56.2 Å². The number of halogens is 1. The lowest BCUT2D eigenvalue weighted by atomic mass is 9.95. The molecule has 0 unspecified atom stereocenters. The second-order valence-corrected chi connectivity index (χ2v) is 5.45. The number of carbonyl (C=O) groups excluding carboxylic acids is 2. The lowest BCUT2D eigenvalue weighted by Crippen LogP contribution is -2.02. The Kier molecular flexibility index (Phi) is 3.06. The molecule has 0 amide bonds. The van der Waals surface area contributed by atoms with Crippen molar-refractivity contribution in [1.29, 1.82) is 0 Å². The van der Waals surface area contributed by atoms with Gasteiger partial charge < -0.3 is 0 Å². The number of rotatable bonds is 2. The maximum absolute atomic E-state index is 12.0. The van der Waals surface area contributed by atoms with Gasteiger partial charge in [0.05, 0.1) is 0 Å². The Labute approximate surface area is 123 Å². The Hall–Kier alpha value is -1.75. The molecule has 3 aromatic carbocycles. The predicted octanol–water partition coefficient (Wildman–Crippen LogP) is 3.98. The standard InChI is InChI=1S/C16H9IO2/c17-14-7-3-6-12-13(14)8-10-4-1-2-5-11(10)16(12)15(19)9-18/h1-9H. The van der Waals surface area contributed by atoms with Crippen LogP contribution in [-0.2, 0) is 4.79 Å². The summed E-state index contributed by atoms with van der Waals surface area (Å²) in [5.41, 5.74) is 0.501. The average Bonchev–Trinajstić information content (AvgIpc) is 2.45. The highest BCUT2D eigenvalue weighted by Crippen LogP contribution is 2.31. The summed E-state index contributed by atoms with van der Waals surface area (Å²) in [6.45, 7) is 0. The molecule has 0 aliphatic heterocycles. The summed E-state index contributed by atoms with van der Waals surface area (Å²) >= 11 is 2.24. The van der Waals surface area contributed by atoms with Gasteiger partial charge in [0.2, 0.25) is 5.78 Å². The van der Waals surface area contributed by atoms with E-state index in [1.54, 1.807) is 0 Å². The second-order valence-electron chi connectivity index (χ2n) is 4.29. The van der Waals surface area contributed by atoms with Crippen molar-refractivity contribution in [3.05, 3.63) is 57.7 Å². The van der Waals surface area contributed by atoms with Gasteiger partial charge in [-0.25, -0.2) is 0 Å². The van der Waals surface area contributed by atoms with E-state index < -0.39 is 5.78 Å². The lowest BCUT2D eigenvalue weighted by molar-refractivity contribution is -0.104. The minimum absolute atomic E-state index is 0.390. The van der Waals surface area contributed by atoms with Gasteiger partial charge in [-0.05, 0) is 56.3 Å². The average molecular weight is 360 g/mol. The Morgan fingerprint density at radius 1 is 0.947 bits per heavy atom. The molecule has 92 valence electrons. The van der Waals surface area contributed by atoms with Gasteiger partial charge in [0.15, 0.2) is 6.29 Å². The van der Waals surface area contributed by atoms with Crippen LogP contribution in [0.1, 0.15) is 10.4 Å². The van der Waals surface area contributed by atoms with Crippen LogP contribution >= 0.6 is 22.6 Å². The number of aldehydes is 1.